The summed E-state index contributed by atoms with van der Waals surface area (Å²) in [4.78, 5) is 0. The highest BCUT2D eigenvalue weighted by Crippen LogP contribution is 2.31. The molecule has 20 heavy (non-hydrogen) atoms. The van der Waals surface area contributed by atoms with E-state index in [2.05, 4.69) is 5.32 Å². The maximum absolute atomic E-state index is 13.5. The van der Waals surface area contributed by atoms with Gasteiger partial charge >= 0.3 is 0 Å². The molecule has 1 fully saturated rings. The molecule has 0 aliphatic heterocycles. The Kier molecular flexibility index (Phi) is 5.24. The van der Waals surface area contributed by atoms with Crippen LogP contribution >= 0.6 is 0 Å². The molecule has 0 heterocycles. The number of hydrogen-bond acceptors (Lipinski definition) is 3. The van der Waals surface area contributed by atoms with Crippen LogP contribution in [0.25, 0.3) is 0 Å². The quantitative estimate of drug-likeness (QED) is 0.884. The minimum Gasteiger partial charge on any atom is -0.494 e. The minimum absolute atomic E-state index is 0.0662. The fourth-order valence-corrected chi connectivity index (χ4v) is 3.01. The standard InChI is InChI=1S/C16H25FN2O/c1-20-15-11-13(7-8-14(15)17)19-16(12-18)9-5-3-2-4-6-10-16/h7-8,11,19H,2-6,9-10,12,18H2,1H3. The fraction of sp³-hybridized carbons (Fsp3) is 0.625. The maximum Gasteiger partial charge on any atom is 0.165 e. The largest absolute Gasteiger partial charge is 0.494 e. The molecule has 0 amide bonds. The van der Waals surface area contributed by atoms with Crippen LogP contribution in [-0.4, -0.2) is 19.2 Å². The molecular weight excluding hydrogens is 255 g/mol. The summed E-state index contributed by atoms with van der Waals surface area (Å²) in [6, 6.07) is 4.91. The van der Waals surface area contributed by atoms with Gasteiger partial charge in [-0.1, -0.05) is 32.1 Å². The molecule has 0 atom stereocenters. The van der Waals surface area contributed by atoms with Gasteiger partial charge in [0.1, 0.15) is 0 Å². The molecule has 0 saturated heterocycles. The molecule has 4 heteroatoms. The van der Waals surface area contributed by atoms with E-state index in [1.165, 1.54) is 45.3 Å². The molecule has 2 rings (SSSR count). The highest BCUT2D eigenvalue weighted by atomic mass is 19.1. The van der Waals surface area contributed by atoms with Gasteiger partial charge < -0.3 is 15.8 Å². The summed E-state index contributed by atoms with van der Waals surface area (Å²) in [6.07, 6.45) is 8.41. The Bertz CT molecular complexity index is 428. The van der Waals surface area contributed by atoms with Gasteiger partial charge in [0.2, 0.25) is 0 Å². The summed E-state index contributed by atoms with van der Waals surface area (Å²) in [5.74, 6) is -0.0643. The lowest BCUT2D eigenvalue weighted by Gasteiger charge is -2.36. The Balaban J connectivity index is 2.15. The average Bonchev–Trinajstić information content (AvgIpc) is 2.44. The van der Waals surface area contributed by atoms with Gasteiger partial charge in [-0.05, 0) is 25.0 Å². The van der Waals surface area contributed by atoms with Crippen LogP contribution in [0.15, 0.2) is 18.2 Å². The third-order valence-corrected chi connectivity index (χ3v) is 4.26. The number of benzene rings is 1. The number of methoxy groups -OCH3 is 1. The van der Waals surface area contributed by atoms with E-state index in [9.17, 15) is 4.39 Å². The van der Waals surface area contributed by atoms with Crippen molar-refractivity contribution in [1.82, 2.24) is 0 Å². The lowest BCUT2D eigenvalue weighted by molar-refractivity contribution is 0.350. The molecule has 0 unspecified atom stereocenters. The van der Waals surface area contributed by atoms with Crippen LogP contribution in [0.2, 0.25) is 0 Å². The highest BCUT2D eigenvalue weighted by molar-refractivity contribution is 5.50. The van der Waals surface area contributed by atoms with Gasteiger partial charge in [-0.15, -0.1) is 0 Å². The molecule has 0 bridgehead atoms. The van der Waals surface area contributed by atoms with E-state index in [-0.39, 0.29) is 17.1 Å². The highest BCUT2D eigenvalue weighted by Gasteiger charge is 2.28. The second-order valence-corrected chi connectivity index (χ2v) is 5.73. The summed E-state index contributed by atoms with van der Waals surface area (Å²) in [6.45, 7) is 0.604. The predicted molar refractivity (Wildman–Crippen MR) is 80.7 cm³/mol. The van der Waals surface area contributed by atoms with Gasteiger partial charge in [0.15, 0.2) is 11.6 Å². The Morgan fingerprint density at radius 1 is 1.20 bits per heavy atom. The molecule has 0 aromatic heterocycles. The van der Waals surface area contributed by atoms with E-state index < -0.39 is 0 Å². The Hall–Kier alpha value is -1.29. The minimum atomic E-state index is -0.336. The number of nitrogens with one attached hydrogen (secondary N) is 1. The van der Waals surface area contributed by atoms with Crippen molar-refractivity contribution in [2.24, 2.45) is 5.73 Å². The van der Waals surface area contributed by atoms with Gasteiger partial charge in [-0.25, -0.2) is 4.39 Å². The average molecular weight is 280 g/mol. The van der Waals surface area contributed by atoms with E-state index >= 15 is 0 Å². The monoisotopic (exact) mass is 280 g/mol. The molecular formula is C16H25FN2O. The summed E-state index contributed by atoms with van der Waals surface area (Å²) >= 11 is 0. The van der Waals surface area contributed by atoms with Crippen molar-refractivity contribution in [2.75, 3.05) is 19.0 Å². The van der Waals surface area contributed by atoms with Crippen LogP contribution in [-0.2, 0) is 0 Å². The van der Waals surface area contributed by atoms with Crippen molar-refractivity contribution in [3.63, 3.8) is 0 Å². The molecule has 0 radical (unpaired) electrons. The zero-order valence-corrected chi connectivity index (χ0v) is 12.3. The predicted octanol–water partition coefficient (Wildman–Crippen LogP) is 3.69. The third kappa shape index (κ3) is 3.63. The van der Waals surface area contributed by atoms with Crippen molar-refractivity contribution >= 4 is 5.69 Å². The van der Waals surface area contributed by atoms with Crippen LogP contribution in [0.3, 0.4) is 0 Å². The second-order valence-electron chi connectivity index (χ2n) is 5.73. The summed E-state index contributed by atoms with van der Waals surface area (Å²) < 4.78 is 18.5. The number of anilines is 1. The smallest absolute Gasteiger partial charge is 0.165 e. The van der Waals surface area contributed by atoms with Gasteiger partial charge in [-0.2, -0.15) is 0 Å². The van der Waals surface area contributed by atoms with Crippen molar-refractivity contribution in [2.45, 2.75) is 50.5 Å². The zero-order valence-electron chi connectivity index (χ0n) is 12.3. The van der Waals surface area contributed by atoms with E-state index in [0.717, 1.165) is 18.5 Å². The van der Waals surface area contributed by atoms with E-state index in [1.54, 1.807) is 12.1 Å². The number of ether oxygens (including phenoxy) is 1. The molecule has 3 N–H and O–H groups in total. The number of rotatable bonds is 4. The summed E-state index contributed by atoms with van der Waals surface area (Å²) in [7, 11) is 1.48. The summed E-state index contributed by atoms with van der Waals surface area (Å²) in [5, 5.41) is 3.54. The van der Waals surface area contributed by atoms with Gasteiger partial charge in [0, 0.05) is 23.8 Å². The van der Waals surface area contributed by atoms with Crippen LogP contribution < -0.4 is 15.8 Å². The first-order valence-corrected chi connectivity index (χ1v) is 7.51. The van der Waals surface area contributed by atoms with Crippen molar-refractivity contribution < 1.29 is 9.13 Å². The first-order chi connectivity index (χ1) is 9.69. The van der Waals surface area contributed by atoms with Crippen LogP contribution in [0.1, 0.15) is 44.9 Å². The van der Waals surface area contributed by atoms with E-state index in [1.807, 2.05) is 0 Å². The molecule has 1 aliphatic carbocycles. The van der Waals surface area contributed by atoms with Gasteiger partial charge in [-0.3, -0.25) is 0 Å². The molecule has 1 aromatic rings. The van der Waals surface area contributed by atoms with Crippen molar-refractivity contribution in [3.05, 3.63) is 24.0 Å². The van der Waals surface area contributed by atoms with Gasteiger partial charge in [0.25, 0.3) is 0 Å². The van der Waals surface area contributed by atoms with E-state index in [0.29, 0.717) is 6.54 Å². The lowest BCUT2D eigenvalue weighted by Crippen LogP contribution is -2.46. The van der Waals surface area contributed by atoms with Crippen molar-refractivity contribution in [1.29, 1.82) is 0 Å². The van der Waals surface area contributed by atoms with Crippen molar-refractivity contribution in [3.8, 4) is 5.75 Å². The van der Waals surface area contributed by atoms with E-state index in [4.69, 9.17) is 10.5 Å². The van der Waals surface area contributed by atoms with Crippen LogP contribution in [0.4, 0.5) is 10.1 Å². The SMILES string of the molecule is COc1cc(NC2(CN)CCCCCCC2)ccc1F. The normalized spacial score (nSPS) is 18.9. The van der Waals surface area contributed by atoms with Crippen LogP contribution in [0, 0.1) is 5.82 Å². The summed E-state index contributed by atoms with van der Waals surface area (Å²) in [5.41, 5.74) is 6.86. The Labute approximate surface area is 120 Å². The molecule has 1 saturated carbocycles. The zero-order chi connectivity index (χ0) is 14.4. The fourth-order valence-electron chi connectivity index (χ4n) is 3.01. The molecule has 1 aliphatic rings. The second kappa shape index (κ2) is 6.93. The number of hydrogen-bond donors (Lipinski definition) is 2. The topological polar surface area (TPSA) is 47.3 Å². The Morgan fingerprint density at radius 2 is 1.85 bits per heavy atom. The molecule has 3 nitrogen and oxygen atoms in total. The maximum atomic E-state index is 13.5. The number of halogens is 1. The Morgan fingerprint density at radius 3 is 2.45 bits per heavy atom. The molecule has 112 valence electrons. The van der Waals surface area contributed by atoms with Gasteiger partial charge in [0.05, 0.1) is 7.11 Å². The van der Waals surface area contributed by atoms with Crippen LogP contribution in [0.5, 0.6) is 5.75 Å². The molecule has 0 spiro atoms. The first kappa shape index (κ1) is 15.1. The number of nitrogens with two attached hydrogens (primary N) is 1. The third-order valence-electron chi connectivity index (χ3n) is 4.26. The molecule has 1 aromatic carbocycles. The first-order valence-electron chi connectivity index (χ1n) is 7.51. The lowest BCUT2D eigenvalue weighted by atomic mass is 9.83.